The standard InChI is InChI=1S/C20H25N3O2.ClH/c1-4-13(2)19(24)23-17-7-5-6-15(10-17)12-22-20(25)18-11-16(21)9-8-14(18)3;/h5-11,13H,4,12,21H2,1-3H3,(H,22,25)(H,23,24);1H. The number of anilines is 2. The highest BCUT2D eigenvalue weighted by Gasteiger charge is 2.11. The molecule has 0 fully saturated rings. The number of hydrogen-bond acceptors (Lipinski definition) is 3. The number of nitrogen functional groups attached to an aromatic ring is 1. The number of nitrogens with two attached hydrogens (primary N) is 1. The van der Waals surface area contributed by atoms with E-state index in [1.165, 1.54) is 0 Å². The van der Waals surface area contributed by atoms with Gasteiger partial charge in [-0.15, -0.1) is 12.4 Å². The van der Waals surface area contributed by atoms with Gasteiger partial charge in [0.05, 0.1) is 0 Å². The molecule has 1 unspecified atom stereocenters. The summed E-state index contributed by atoms with van der Waals surface area (Å²) in [4.78, 5) is 24.3. The van der Waals surface area contributed by atoms with Gasteiger partial charge >= 0.3 is 0 Å². The molecule has 140 valence electrons. The fourth-order valence-corrected chi connectivity index (χ4v) is 2.37. The van der Waals surface area contributed by atoms with Crippen molar-refractivity contribution in [1.29, 1.82) is 0 Å². The van der Waals surface area contributed by atoms with Gasteiger partial charge in [-0.05, 0) is 48.7 Å². The summed E-state index contributed by atoms with van der Waals surface area (Å²) in [5.74, 6) is -0.201. The average molecular weight is 376 g/mol. The van der Waals surface area contributed by atoms with E-state index in [0.717, 1.165) is 23.2 Å². The molecule has 0 bridgehead atoms. The zero-order valence-corrected chi connectivity index (χ0v) is 16.2. The number of rotatable bonds is 6. The van der Waals surface area contributed by atoms with Crippen molar-refractivity contribution in [2.45, 2.75) is 33.7 Å². The maximum atomic E-state index is 12.3. The van der Waals surface area contributed by atoms with E-state index in [2.05, 4.69) is 10.6 Å². The van der Waals surface area contributed by atoms with Crippen LogP contribution >= 0.6 is 12.4 Å². The van der Waals surface area contributed by atoms with Gasteiger partial charge in [-0.3, -0.25) is 9.59 Å². The Morgan fingerprint density at radius 1 is 1.15 bits per heavy atom. The van der Waals surface area contributed by atoms with E-state index < -0.39 is 0 Å². The Balaban J connectivity index is 0.00000338. The second kappa shape index (κ2) is 9.82. The van der Waals surface area contributed by atoms with E-state index in [0.29, 0.717) is 17.8 Å². The number of carbonyl (C=O) groups is 2. The maximum Gasteiger partial charge on any atom is 0.251 e. The maximum absolute atomic E-state index is 12.3. The summed E-state index contributed by atoms with van der Waals surface area (Å²) < 4.78 is 0. The van der Waals surface area contributed by atoms with Crippen molar-refractivity contribution in [3.8, 4) is 0 Å². The lowest BCUT2D eigenvalue weighted by atomic mass is 10.1. The van der Waals surface area contributed by atoms with Gasteiger partial charge in [-0.1, -0.05) is 32.0 Å². The Labute approximate surface area is 160 Å². The van der Waals surface area contributed by atoms with Crippen molar-refractivity contribution >= 4 is 35.6 Å². The highest BCUT2D eigenvalue weighted by Crippen LogP contribution is 2.15. The van der Waals surface area contributed by atoms with Crippen LogP contribution in [0.1, 0.15) is 41.8 Å². The van der Waals surface area contributed by atoms with Crippen LogP contribution in [0.5, 0.6) is 0 Å². The molecule has 0 aliphatic carbocycles. The molecule has 5 nitrogen and oxygen atoms in total. The van der Waals surface area contributed by atoms with E-state index in [1.54, 1.807) is 12.1 Å². The smallest absolute Gasteiger partial charge is 0.251 e. The van der Waals surface area contributed by atoms with Crippen LogP contribution in [0.3, 0.4) is 0 Å². The summed E-state index contributed by atoms with van der Waals surface area (Å²) in [7, 11) is 0. The summed E-state index contributed by atoms with van der Waals surface area (Å²) in [5.41, 5.74) is 9.41. The van der Waals surface area contributed by atoms with Crippen LogP contribution in [0.15, 0.2) is 42.5 Å². The molecule has 4 N–H and O–H groups in total. The van der Waals surface area contributed by atoms with Crippen molar-refractivity contribution < 1.29 is 9.59 Å². The summed E-state index contributed by atoms with van der Waals surface area (Å²) in [5, 5.41) is 5.79. The van der Waals surface area contributed by atoms with Crippen LogP contribution in [0.4, 0.5) is 11.4 Å². The molecule has 0 saturated heterocycles. The zero-order valence-electron chi connectivity index (χ0n) is 15.3. The first-order valence-electron chi connectivity index (χ1n) is 8.44. The quantitative estimate of drug-likeness (QED) is 0.669. The molecule has 26 heavy (non-hydrogen) atoms. The van der Waals surface area contributed by atoms with E-state index in [1.807, 2.05) is 51.1 Å². The minimum atomic E-state index is -0.168. The molecule has 6 heteroatoms. The van der Waals surface area contributed by atoms with E-state index in [9.17, 15) is 9.59 Å². The van der Waals surface area contributed by atoms with Crippen molar-refractivity contribution in [2.24, 2.45) is 5.92 Å². The lowest BCUT2D eigenvalue weighted by Crippen LogP contribution is -2.24. The third-order valence-corrected chi connectivity index (χ3v) is 4.21. The molecule has 2 amide bonds. The third-order valence-electron chi connectivity index (χ3n) is 4.21. The Kier molecular flexibility index (Phi) is 8.13. The highest BCUT2D eigenvalue weighted by molar-refractivity contribution is 5.96. The molecule has 0 heterocycles. The van der Waals surface area contributed by atoms with Gasteiger partial charge in [0, 0.05) is 29.4 Å². The molecule has 0 spiro atoms. The van der Waals surface area contributed by atoms with Crippen molar-refractivity contribution in [3.63, 3.8) is 0 Å². The lowest BCUT2D eigenvalue weighted by Gasteiger charge is -2.12. The first kappa shape index (κ1) is 21.5. The van der Waals surface area contributed by atoms with Gasteiger partial charge in [0.1, 0.15) is 0 Å². The van der Waals surface area contributed by atoms with Crippen molar-refractivity contribution in [3.05, 3.63) is 59.2 Å². The molecule has 0 saturated carbocycles. The number of benzene rings is 2. The molecule has 0 radical (unpaired) electrons. The number of hydrogen-bond donors (Lipinski definition) is 3. The van der Waals surface area contributed by atoms with Crippen LogP contribution in [-0.4, -0.2) is 11.8 Å². The lowest BCUT2D eigenvalue weighted by molar-refractivity contribution is -0.119. The van der Waals surface area contributed by atoms with Crippen LogP contribution in [-0.2, 0) is 11.3 Å². The van der Waals surface area contributed by atoms with Crippen LogP contribution in [0.25, 0.3) is 0 Å². The second-order valence-corrected chi connectivity index (χ2v) is 6.26. The minimum absolute atomic E-state index is 0. The minimum Gasteiger partial charge on any atom is -0.399 e. The summed E-state index contributed by atoms with van der Waals surface area (Å²) >= 11 is 0. The van der Waals surface area contributed by atoms with Crippen molar-refractivity contribution in [2.75, 3.05) is 11.1 Å². The molecule has 1 atom stereocenters. The summed E-state index contributed by atoms with van der Waals surface area (Å²) in [6.45, 7) is 6.13. The van der Waals surface area contributed by atoms with Gasteiger partial charge in [0.25, 0.3) is 5.91 Å². The Bertz CT molecular complexity index is 777. The molecular weight excluding hydrogens is 350 g/mol. The number of carbonyl (C=O) groups excluding carboxylic acids is 2. The van der Waals surface area contributed by atoms with Crippen molar-refractivity contribution in [1.82, 2.24) is 5.32 Å². The first-order valence-corrected chi connectivity index (χ1v) is 8.44. The summed E-state index contributed by atoms with van der Waals surface area (Å²) in [6, 6.07) is 12.8. The fraction of sp³-hybridized carbons (Fsp3) is 0.300. The SMILES string of the molecule is CCC(C)C(=O)Nc1cccc(CNC(=O)c2cc(N)ccc2C)c1.Cl. The number of halogens is 1. The van der Waals surface area contributed by atoms with Gasteiger partial charge in [-0.2, -0.15) is 0 Å². The zero-order chi connectivity index (χ0) is 18.4. The van der Waals surface area contributed by atoms with Crippen LogP contribution < -0.4 is 16.4 Å². The second-order valence-electron chi connectivity index (χ2n) is 6.26. The van der Waals surface area contributed by atoms with E-state index in [4.69, 9.17) is 5.73 Å². The monoisotopic (exact) mass is 375 g/mol. The molecule has 2 aromatic rings. The predicted molar refractivity (Wildman–Crippen MR) is 109 cm³/mol. The van der Waals surface area contributed by atoms with Crippen LogP contribution in [0, 0.1) is 12.8 Å². The number of nitrogens with one attached hydrogen (secondary N) is 2. The molecular formula is C20H26ClN3O2. The summed E-state index contributed by atoms with van der Waals surface area (Å²) in [6.07, 6.45) is 0.793. The van der Waals surface area contributed by atoms with E-state index >= 15 is 0 Å². The number of aryl methyl sites for hydroxylation is 1. The Morgan fingerprint density at radius 2 is 1.88 bits per heavy atom. The highest BCUT2D eigenvalue weighted by atomic mass is 35.5. The van der Waals surface area contributed by atoms with Gasteiger partial charge in [-0.25, -0.2) is 0 Å². The Morgan fingerprint density at radius 3 is 2.58 bits per heavy atom. The number of amides is 2. The van der Waals surface area contributed by atoms with Gasteiger partial charge in [0.2, 0.25) is 5.91 Å². The Hall–Kier alpha value is -2.53. The van der Waals surface area contributed by atoms with Gasteiger partial charge in [0.15, 0.2) is 0 Å². The largest absolute Gasteiger partial charge is 0.399 e. The fourth-order valence-electron chi connectivity index (χ4n) is 2.37. The molecule has 0 aliphatic heterocycles. The topological polar surface area (TPSA) is 84.2 Å². The molecule has 0 aromatic heterocycles. The molecule has 2 aromatic carbocycles. The predicted octanol–water partition coefficient (Wildman–Crippen LogP) is 3.91. The first-order chi connectivity index (χ1) is 11.9. The van der Waals surface area contributed by atoms with Gasteiger partial charge < -0.3 is 16.4 Å². The molecule has 2 rings (SSSR count). The normalized spacial score (nSPS) is 11.2. The van der Waals surface area contributed by atoms with Crippen LogP contribution in [0.2, 0.25) is 0 Å². The molecule has 0 aliphatic rings. The third kappa shape index (κ3) is 5.77. The van der Waals surface area contributed by atoms with E-state index in [-0.39, 0.29) is 30.1 Å². The average Bonchev–Trinajstić information content (AvgIpc) is 2.61.